The molecule has 3 rings (SSSR count). The van der Waals surface area contributed by atoms with Crippen molar-refractivity contribution in [2.24, 2.45) is 5.92 Å². The van der Waals surface area contributed by atoms with Gasteiger partial charge in [0.05, 0.1) is 5.92 Å². The molecule has 4 heteroatoms. The van der Waals surface area contributed by atoms with Gasteiger partial charge in [0.25, 0.3) is 0 Å². The van der Waals surface area contributed by atoms with Crippen molar-refractivity contribution in [2.45, 2.75) is 57.5 Å². The third-order valence-electron chi connectivity index (χ3n) is 5.35. The number of fused-ring (bicyclic) bond motifs is 1. The van der Waals surface area contributed by atoms with Crippen molar-refractivity contribution in [3.05, 3.63) is 70.5 Å². The average molecular weight is 364 g/mol. The van der Waals surface area contributed by atoms with Crippen LogP contribution in [0.2, 0.25) is 0 Å². The molecule has 2 aromatic rings. The van der Waals surface area contributed by atoms with Crippen LogP contribution in [0.3, 0.4) is 0 Å². The summed E-state index contributed by atoms with van der Waals surface area (Å²) in [5.74, 6) is -1.70. The first-order valence-corrected chi connectivity index (χ1v) is 9.33. The average Bonchev–Trinajstić information content (AvgIpc) is 2.62. The molecule has 0 saturated heterocycles. The first-order valence-electron chi connectivity index (χ1n) is 9.33. The molecule has 0 bridgehead atoms. The molecule has 1 aliphatic carbocycles. The van der Waals surface area contributed by atoms with E-state index in [1.807, 2.05) is 6.07 Å². The molecule has 0 amide bonds. The highest BCUT2D eigenvalue weighted by Gasteiger charge is 2.38. The summed E-state index contributed by atoms with van der Waals surface area (Å²) in [7, 11) is 0. The molecule has 140 valence electrons. The van der Waals surface area contributed by atoms with Gasteiger partial charge in [0, 0.05) is 0 Å². The van der Waals surface area contributed by atoms with E-state index in [4.69, 9.17) is 0 Å². The summed E-state index contributed by atoms with van der Waals surface area (Å²) < 4.78 is 53.1. The van der Waals surface area contributed by atoms with Gasteiger partial charge >= 0.3 is 6.18 Å². The van der Waals surface area contributed by atoms with Gasteiger partial charge in [0.15, 0.2) is 0 Å². The van der Waals surface area contributed by atoms with Crippen molar-refractivity contribution >= 4 is 0 Å². The topological polar surface area (TPSA) is 0 Å². The summed E-state index contributed by atoms with van der Waals surface area (Å²) in [6, 6.07) is 11.9. The minimum absolute atomic E-state index is 0.0417. The Bertz CT molecular complexity index is 716. The van der Waals surface area contributed by atoms with Gasteiger partial charge in [-0.25, -0.2) is 4.39 Å². The standard InChI is InChI=1S/C22H24F4/c23-21-13-8-16(9-14-21)6-11-20(22(24,25)26)12-7-17-5-10-18-3-1-2-4-19(18)15-17/h5,8-10,13-15,20H,1-4,6-7,11-12H2. The Morgan fingerprint density at radius 3 is 2.00 bits per heavy atom. The second kappa shape index (κ2) is 8.24. The summed E-state index contributed by atoms with van der Waals surface area (Å²) in [6.45, 7) is 0. The van der Waals surface area contributed by atoms with Crippen molar-refractivity contribution in [1.29, 1.82) is 0 Å². The molecule has 1 unspecified atom stereocenters. The lowest BCUT2D eigenvalue weighted by Crippen LogP contribution is -2.24. The van der Waals surface area contributed by atoms with E-state index in [0.29, 0.717) is 12.8 Å². The Labute approximate surface area is 152 Å². The number of halogens is 4. The molecule has 0 nitrogen and oxygen atoms in total. The van der Waals surface area contributed by atoms with Gasteiger partial charge in [-0.15, -0.1) is 0 Å². The van der Waals surface area contributed by atoms with E-state index in [1.165, 1.54) is 36.1 Å². The van der Waals surface area contributed by atoms with E-state index in [2.05, 4.69) is 12.1 Å². The van der Waals surface area contributed by atoms with Crippen molar-refractivity contribution in [2.75, 3.05) is 0 Å². The summed E-state index contributed by atoms with van der Waals surface area (Å²) in [5.41, 5.74) is 4.41. The second-order valence-corrected chi connectivity index (χ2v) is 7.25. The predicted octanol–water partition coefficient (Wildman–Crippen LogP) is 6.45. The number of rotatable bonds is 6. The van der Waals surface area contributed by atoms with E-state index >= 15 is 0 Å². The minimum Gasteiger partial charge on any atom is -0.207 e. The Morgan fingerprint density at radius 1 is 0.769 bits per heavy atom. The first kappa shape index (κ1) is 18.9. The summed E-state index contributed by atoms with van der Waals surface area (Å²) >= 11 is 0. The van der Waals surface area contributed by atoms with Crippen LogP contribution in [0, 0.1) is 11.7 Å². The predicted molar refractivity (Wildman–Crippen MR) is 95.7 cm³/mol. The van der Waals surface area contributed by atoms with Crippen molar-refractivity contribution in [3.63, 3.8) is 0 Å². The molecular weight excluding hydrogens is 340 g/mol. The van der Waals surface area contributed by atoms with Crippen LogP contribution < -0.4 is 0 Å². The molecule has 0 spiro atoms. The molecule has 1 aliphatic rings. The van der Waals surface area contributed by atoms with Gasteiger partial charge in [-0.3, -0.25) is 0 Å². The van der Waals surface area contributed by atoms with Gasteiger partial charge in [0.1, 0.15) is 5.82 Å². The molecule has 1 atom stereocenters. The smallest absolute Gasteiger partial charge is 0.207 e. The van der Waals surface area contributed by atoms with Crippen LogP contribution in [0.15, 0.2) is 42.5 Å². The summed E-state index contributed by atoms with van der Waals surface area (Å²) in [5, 5.41) is 0. The molecule has 26 heavy (non-hydrogen) atoms. The van der Waals surface area contributed by atoms with Crippen molar-refractivity contribution in [3.8, 4) is 0 Å². The van der Waals surface area contributed by atoms with Crippen LogP contribution in [0.1, 0.15) is 47.9 Å². The SMILES string of the molecule is Fc1ccc(CCC(CCc2ccc3c(c2)CCCC3)C(F)(F)F)cc1. The number of hydrogen-bond acceptors (Lipinski definition) is 0. The lowest BCUT2D eigenvalue weighted by molar-refractivity contribution is -0.177. The molecule has 0 aliphatic heterocycles. The second-order valence-electron chi connectivity index (χ2n) is 7.25. The highest BCUT2D eigenvalue weighted by Crippen LogP contribution is 2.34. The lowest BCUT2D eigenvalue weighted by Gasteiger charge is -2.21. The Hall–Kier alpha value is -1.84. The first-order chi connectivity index (χ1) is 12.4. The van der Waals surface area contributed by atoms with Gasteiger partial charge in [0.2, 0.25) is 0 Å². The summed E-state index contributed by atoms with van der Waals surface area (Å²) in [4.78, 5) is 0. The van der Waals surface area contributed by atoms with Crippen LogP contribution >= 0.6 is 0 Å². The van der Waals surface area contributed by atoms with Crippen LogP contribution in [-0.4, -0.2) is 6.18 Å². The zero-order chi connectivity index (χ0) is 18.6. The fourth-order valence-electron chi connectivity index (χ4n) is 3.75. The number of aryl methyl sites for hydroxylation is 4. The molecule has 0 saturated carbocycles. The number of hydrogen-bond donors (Lipinski definition) is 0. The maximum absolute atomic E-state index is 13.4. The Kier molecular flexibility index (Phi) is 6.00. The quantitative estimate of drug-likeness (QED) is 0.517. The molecule has 0 aromatic heterocycles. The van der Waals surface area contributed by atoms with E-state index < -0.39 is 12.1 Å². The van der Waals surface area contributed by atoms with Crippen LogP contribution in [0.25, 0.3) is 0 Å². The van der Waals surface area contributed by atoms with E-state index in [9.17, 15) is 17.6 Å². The minimum atomic E-state index is -4.20. The normalized spacial score (nSPS) is 15.5. The van der Waals surface area contributed by atoms with E-state index in [0.717, 1.165) is 24.0 Å². The number of benzene rings is 2. The van der Waals surface area contributed by atoms with Gasteiger partial charge in [-0.2, -0.15) is 13.2 Å². The van der Waals surface area contributed by atoms with Crippen molar-refractivity contribution < 1.29 is 17.6 Å². The van der Waals surface area contributed by atoms with E-state index in [-0.39, 0.29) is 18.7 Å². The Morgan fingerprint density at radius 2 is 1.35 bits per heavy atom. The van der Waals surface area contributed by atoms with Gasteiger partial charge in [-0.1, -0.05) is 30.3 Å². The highest BCUT2D eigenvalue weighted by molar-refractivity contribution is 5.33. The molecule has 0 N–H and O–H groups in total. The van der Waals surface area contributed by atoms with E-state index in [1.54, 1.807) is 12.1 Å². The highest BCUT2D eigenvalue weighted by atomic mass is 19.4. The van der Waals surface area contributed by atoms with Crippen LogP contribution in [-0.2, 0) is 25.7 Å². The molecule has 0 heterocycles. The third-order valence-corrected chi connectivity index (χ3v) is 5.35. The largest absolute Gasteiger partial charge is 0.391 e. The molecule has 0 fully saturated rings. The van der Waals surface area contributed by atoms with Gasteiger partial charge < -0.3 is 0 Å². The van der Waals surface area contributed by atoms with Crippen LogP contribution in [0.5, 0.6) is 0 Å². The zero-order valence-electron chi connectivity index (χ0n) is 14.8. The molecular formula is C22H24F4. The lowest BCUT2D eigenvalue weighted by atomic mass is 9.88. The van der Waals surface area contributed by atoms with Crippen molar-refractivity contribution in [1.82, 2.24) is 0 Å². The number of alkyl halides is 3. The molecule has 2 aromatic carbocycles. The fourth-order valence-corrected chi connectivity index (χ4v) is 3.75. The third kappa shape index (κ3) is 5.09. The van der Waals surface area contributed by atoms with Gasteiger partial charge in [-0.05, 0) is 85.8 Å². The summed E-state index contributed by atoms with van der Waals surface area (Å²) in [6.07, 6.45) is 1.19. The Balaban J connectivity index is 1.60. The maximum atomic E-state index is 13.4. The zero-order valence-corrected chi connectivity index (χ0v) is 14.8. The van der Waals surface area contributed by atoms with Crippen LogP contribution in [0.4, 0.5) is 17.6 Å². The molecule has 0 radical (unpaired) electrons. The fraction of sp³-hybridized carbons (Fsp3) is 0.455. The monoisotopic (exact) mass is 364 g/mol. The maximum Gasteiger partial charge on any atom is 0.391 e.